The van der Waals surface area contributed by atoms with Crippen LogP contribution < -0.4 is 25.4 Å². The number of amides is 3. The van der Waals surface area contributed by atoms with Gasteiger partial charge in [0.2, 0.25) is 5.91 Å². The van der Waals surface area contributed by atoms with Gasteiger partial charge < -0.3 is 25.4 Å². The van der Waals surface area contributed by atoms with Gasteiger partial charge in [0.1, 0.15) is 5.70 Å². The number of nitrogens with one attached hydrogen (secondary N) is 3. The summed E-state index contributed by atoms with van der Waals surface area (Å²) in [6, 6.07) is 25.9. The van der Waals surface area contributed by atoms with E-state index in [9.17, 15) is 14.4 Å². The van der Waals surface area contributed by atoms with Crippen molar-refractivity contribution in [2.45, 2.75) is 4.90 Å². The zero-order valence-electron chi connectivity index (χ0n) is 25.6. The lowest BCUT2D eigenvalue weighted by Gasteiger charge is -2.12. The van der Waals surface area contributed by atoms with E-state index in [1.807, 2.05) is 23.6 Å². The van der Waals surface area contributed by atoms with E-state index in [2.05, 4.69) is 20.9 Å². The molecule has 244 valence electrons. The molecule has 5 rings (SSSR count). The first-order chi connectivity index (χ1) is 23.2. The van der Waals surface area contributed by atoms with Gasteiger partial charge in [0, 0.05) is 37.1 Å². The van der Waals surface area contributed by atoms with Crippen molar-refractivity contribution < 1.29 is 23.9 Å². The van der Waals surface area contributed by atoms with Crippen LogP contribution in [0.5, 0.6) is 11.5 Å². The van der Waals surface area contributed by atoms with Crippen molar-refractivity contribution in [1.29, 1.82) is 0 Å². The lowest BCUT2D eigenvalue weighted by molar-refractivity contribution is -0.114. The van der Waals surface area contributed by atoms with Crippen LogP contribution in [0.4, 0.5) is 10.8 Å². The van der Waals surface area contributed by atoms with Crippen LogP contribution in [0.1, 0.15) is 15.9 Å². The smallest absolute Gasteiger partial charge is 0.272 e. The van der Waals surface area contributed by atoms with Crippen LogP contribution in [-0.4, -0.2) is 42.7 Å². The molecule has 0 radical (unpaired) electrons. The second-order valence-electron chi connectivity index (χ2n) is 9.97. The van der Waals surface area contributed by atoms with Crippen molar-refractivity contribution in [2.24, 2.45) is 0 Å². The molecule has 4 aromatic carbocycles. The molecule has 48 heavy (non-hydrogen) atoms. The Morgan fingerprint density at radius 1 is 0.875 bits per heavy atom. The van der Waals surface area contributed by atoms with Crippen LogP contribution in [0.15, 0.2) is 107 Å². The number of benzene rings is 4. The molecule has 0 aliphatic rings. The Bertz CT molecular complexity index is 1990. The number of rotatable bonds is 12. The van der Waals surface area contributed by atoms with Gasteiger partial charge in [-0.3, -0.25) is 14.4 Å². The Labute approximate surface area is 295 Å². The number of aromatic nitrogens is 1. The Morgan fingerprint density at radius 2 is 1.67 bits per heavy atom. The zero-order chi connectivity index (χ0) is 34.0. The largest absolute Gasteiger partial charge is 0.493 e. The van der Waals surface area contributed by atoms with Gasteiger partial charge in [-0.05, 0) is 72.3 Å². The summed E-state index contributed by atoms with van der Waals surface area (Å²) >= 11 is 15.0. The van der Waals surface area contributed by atoms with E-state index in [-0.39, 0.29) is 17.4 Å². The summed E-state index contributed by atoms with van der Waals surface area (Å²) in [6.45, 7) is 0. The lowest BCUT2D eigenvalue weighted by Crippen LogP contribution is -2.30. The highest BCUT2D eigenvalue weighted by Gasteiger charge is 2.17. The lowest BCUT2D eigenvalue weighted by atomic mass is 10.1. The number of methoxy groups -OCH3 is 2. The Morgan fingerprint density at radius 3 is 2.42 bits per heavy atom. The predicted octanol–water partition coefficient (Wildman–Crippen LogP) is 8.27. The molecule has 3 amide bonds. The number of carbonyl (C=O) groups is 3. The quantitative estimate of drug-likeness (QED) is 0.0878. The standard InChI is InChI=1S/C35H28Cl2N4O5S2/c1-45-30-14-12-23(16-31(30)46-2)29-19-48-35(40-29)41-32(42)20-47-26-10-6-9-25(18-26)38-34(44)28(15-22-11-13-24(36)17-27(22)37)39-33(43)21-7-4-3-5-8-21/h3-19H,20H2,1-2H3,(H,38,44)(H,39,43)(H,40,41,42)/b28-15+. The van der Waals surface area contributed by atoms with E-state index in [1.165, 1.54) is 29.2 Å². The van der Waals surface area contributed by atoms with Crippen LogP contribution in [0.2, 0.25) is 10.0 Å². The molecule has 3 N–H and O–H groups in total. The Kier molecular flexibility index (Phi) is 11.8. The molecule has 0 fully saturated rings. The molecule has 0 aliphatic carbocycles. The maximum Gasteiger partial charge on any atom is 0.272 e. The van der Waals surface area contributed by atoms with Crippen LogP contribution in [-0.2, 0) is 9.59 Å². The van der Waals surface area contributed by atoms with Gasteiger partial charge in [-0.1, -0.05) is 53.5 Å². The van der Waals surface area contributed by atoms with Gasteiger partial charge in [-0.2, -0.15) is 0 Å². The highest BCUT2D eigenvalue weighted by molar-refractivity contribution is 8.00. The number of carbonyl (C=O) groups excluding carboxylic acids is 3. The SMILES string of the molecule is COc1ccc(-c2csc(NC(=O)CSc3cccc(NC(=O)/C(=C\c4ccc(Cl)cc4Cl)NC(=O)c4ccccc4)c3)n2)cc1OC. The molecule has 1 aromatic heterocycles. The van der Waals surface area contributed by atoms with E-state index in [0.717, 1.165) is 10.5 Å². The van der Waals surface area contributed by atoms with Gasteiger partial charge >= 0.3 is 0 Å². The second kappa shape index (κ2) is 16.3. The molecule has 0 saturated heterocycles. The van der Waals surface area contributed by atoms with Gasteiger partial charge in [-0.25, -0.2) is 4.98 Å². The van der Waals surface area contributed by atoms with E-state index >= 15 is 0 Å². The normalized spacial score (nSPS) is 11.0. The van der Waals surface area contributed by atoms with Crippen molar-refractivity contribution >= 4 is 80.9 Å². The average molecular weight is 720 g/mol. The van der Waals surface area contributed by atoms with Crippen molar-refractivity contribution in [1.82, 2.24) is 10.3 Å². The molecular formula is C35H28Cl2N4O5S2. The van der Waals surface area contributed by atoms with Crippen molar-refractivity contribution in [3.63, 3.8) is 0 Å². The Hall–Kier alpha value is -4.81. The number of nitrogens with zero attached hydrogens (tertiary/aromatic N) is 1. The van der Waals surface area contributed by atoms with Crippen LogP contribution in [0, 0.1) is 0 Å². The highest BCUT2D eigenvalue weighted by Crippen LogP contribution is 2.33. The summed E-state index contributed by atoms with van der Waals surface area (Å²) in [5, 5.41) is 11.4. The first-order valence-corrected chi connectivity index (χ1v) is 16.9. The summed E-state index contributed by atoms with van der Waals surface area (Å²) in [6.07, 6.45) is 1.48. The van der Waals surface area contributed by atoms with E-state index in [1.54, 1.807) is 87.0 Å². The van der Waals surface area contributed by atoms with Crippen LogP contribution in [0.25, 0.3) is 17.3 Å². The number of thioether (sulfide) groups is 1. The molecular weight excluding hydrogens is 691 g/mol. The van der Waals surface area contributed by atoms with Crippen molar-refractivity contribution in [2.75, 3.05) is 30.6 Å². The molecule has 5 aromatic rings. The Balaban J connectivity index is 1.23. The summed E-state index contributed by atoms with van der Waals surface area (Å²) < 4.78 is 10.7. The molecule has 0 bridgehead atoms. The summed E-state index contributed by atoms with van der Waals surface area (Å²) in [7, 11) is 3.14. The van der Waals surface area contributed by atoms with Gasteiger partial charge in [-0.15, -0.1) is 23.1 Å². The van der Waals surface area contributed by atoms with E-state index in [0.29, 0.717) is 49.2 Å². The third-order valence-electron chi connectivity index (χ3n) is 6.68. The number of ether oxygens (including phenoxy) is 2. The van der Waals surface area contributed by atoms with Crippen LogP contribution >= 0.6 is 46.3 Å². The van der Waals surface area contributed by atoms with Crippen molar-refractivity contribution in [3.05, 3.63) is 123 Å². The maximum atomic E-state index is 13.5. The number of hydrogen-bond acceptors (Lipinski definition) is 8. The first kappa shape index (κ1) is 34.5. The number of anilines is 2. The summed E-state index contributed by atoms with van der Waals surface area (Å²) in [5.74, 6) is 0.0265. The molecule has 1 heterocycles. The number of thiazole rings is 1. The van der Waals surface area contributed by atoms with Gasteiger partial charge in [0.05, 0.1) is 25.7 Å². The summed E-state index contributed by atoms with van der Waals surface area (Å²) in [4.78, 5) is 44.5. The zero-order valence-corrected chi connectivity index (χ0v) is 28.7. The second-order valence-corrected chi connectivity index (χ2v) is 12.7. The fourth-order valence-corrected chi connectivity index (χ4v) is 6.30. The molecule has 0 atom stereocenters. The number of hydrogen-bond donors (Lipinski definition) is 3. The molecule has 0 saturated carbocycles. The third kappa shape index (κ3) is 9.17. The average Bonchev–Trinajstić information content (AvgIpc) is 3.56. The summed E-state index contributed by atoms with van der Waals surface area (Å²) in [5.41, 5.74) is 2.83. The molecule has 13 heteroatoms. The minimum absolute atomic E-state index is 0.0265. The van der Waals surface area contributed by atoms with Gasteiger partial charge in [0.15, 0.2) is 16.6 Å². The fourth-order valence-electron chi connectivity index (χ4n) is 4.34. The third-order valence-corrected chi connectivity index (χ3v) is 9.00. The predicted molar refractivity (Wildman–Crippen MR) is 193 cm³/mol. The highest BCUT2D eigenvalue weighted by atomic mass is 35.5. The molecule has 9 nitrogen and oxygen atoms in total. The molecule has 0 aliphatic heterocycles. The monoisotopic (exact) mass is 718 g/mol. The van der Waals surface area contributed by atoms with Crippen LogP contribution in [0.3, 0.4) is 0 Å². The first-order valence-electron chi connectivity index (χ1n) is 14.3. The van der Waals surface area contributed by atoms with E-state index < -0.39 is 11.8 Å². The topological polar surface area (TPSA) is 119 Å². The van der Waals surface area contributed by atoms with E-state index in [4.69, 9.17) is 32.7 Å². The van der Waals surface area contributed by atoms with Crippen molar-refractivity contribution in [3.8, 4) is 22.8 Å². The number of halogens is 2. The minimum atomic E-state index is -0.570. The molecule has 0 unspecified atom stereocenters. The van der Waals surface area contributed by atoms with Gasteiger partial charge in [0.25, 0.3) is 11.8 Å². The molecule has 0 spiro atoms. The minimum Gasteiger partial charge on any atom is -0.493 e. The fraction of sp³-hybridized carbons (Fsp3) is 0.0857. The maximum absolute atomic E-state index is 13.5.